The molecule has 0 amide bonds. The standard InChI is InChI=1S/C14H16.C8H10/c1-5-11(3)13(6-2)14-10-8-7-9-12(14)4;1-7-3-5-8(2)6-4-7/h5-10H,1-2H2,3-4H3;3-6H,1-2H3/b13-11+;. The van der Waals surface area contributed by atoms with Crippen molar-refractivity contribution in [1.29, 1.82) is 0 Å². The Balaban J connectivity index is 0.000000255. The smallest absolute Gasteiger partial charge is 0.0152 e. The third-order valence-corrected chi connectivity index (χ3v) is 3.59. The Morgan fingerprint density at radius 1 is 0.773 bits per heavy atom. The van der Waals surface area contributed by atoms with Crippen LogP contribution >= 0.6 is 0 Å². The quantitative estimate of drug-likeness (QED) is 0.570. The average molecular weight is 290 g/mol. The minimum absolute atomic E-state index is 1.16. The minimum atomic E-state index is 1.16. The van der Waals surface area contributed by atoms with Crippen LogP contribution in [-0.2, 0) is 0 Å². The van der Waals surface area contributed by atoms with Crippen molar-refractivity contribution in [3.63, 3.8) is 0 Å². The van der Waals surface area contributed by atoms with Gasteiger partial charge in [0.15, 0.2) is 0 Å². The summed E-state index contributed by atoms with van der Waals surface area (Å²) in [5.41, 5.74) is 7.49. The van der Waals surface area contributed by atoms with Crippen LogP contribution in [0.2, 0.25) is 0 Å². The van der Waals surface area contributed by atoms with E-state index in [1.54, 1.807) is 0 Å². The maximum Gasteiger partial charge on any atom is -0.0152 e. The highest BCUT2D eigenvalue weighted by Crippen LogP contribution is 2.23. The summed E-state index contributed by atoms with van der Waals surface area (Å²) >= 11 is 0. The summed E-state index contributed by atoms with van der Waals surface area (Å²) in [5, 5.41) is 0. The van der Waals surface area contributed by atoms with Gasteiger partial charge in [-0.3, -0.25) is 0 Å². The molecular formula is C22H26. The van der Waals surface area contributed by atoms with Gasteiger partial charge in [-0.2, -0.15) is 0 Å². The zero-order valence-electron chi connectivity index (χ0n) is 14.2. The van der Waals surface area contributed by atoms with Crippen molar-refractivity contribution < 1.29 is 0 Å². The van der Waals surface area contributed by atoms with Crippen LogP contribution in [0.15, 0.2) is 79.4 Å². The van der Waals surface area contributed by atoms with E-state index in [2.05, 4.69) is 77.3 Å². The molecule has 0 aliphatic rings. The Kier molecular flexibility index (Phi) is 7.12. The van der Waals surface area contributed by atoms with Crippen LogP contribution in [0.1, 0.15) is 29.2 Å². The number of allylic oxidation sites excluding steroid dienone is 4. The molecule has 0 fully saturated rings. The van der Waals surface area contributed by atoms with Crippen molar-refractivity contribution in [2.24, 2.45) is 0 Å². The highest BCUT2D eigenvalue weighted by atomic mass is 14.1. The molecule has 0 N–H and O–H groups in total. The highest BCUT2D eigenvalue weighted by molar-refractivity contribution is 5.79. The van der Waals surface area contributed by atoms with Crippen molar-refractivity contribution in [2.45, 2.75) is 27.7 Å². The zero-order valence-corrected chi connectivity index (χ0v) is 14.2. The fraction of sp³-hybridized carbons (Fsp3) is 0.182. The van der Waals surface area contributed by atoms with E-state index >= 15 is 0 Å². The molecule has 2 rings (SSSR count). The summed E-state index contributed by atoms with van der Waals surface area (Å²) in [5.74, 6) is 0. The normalized spacial score (nSPS) is 10.9. The summed E-state index contributed by atoms with van der Waals surface area (Å²) in [7, 11) is 0. The SMILES string of the molecule is C=C/C(C)=C(\C=C)c1ccccc1C.Cc1ccc(C)cc1. The van der Waals surface area contributed by atoms with Crippen LogP contribution in [0.4, 0.5) is 0 Å². The van der Waals surface area contributed by atoms with Crippen molar-refractivity contribution in [1.82, 2.24) is 0 Å². The lowest BCUT2D eigenvalue weighted by Crippen LogP contribution is -1.88. The summed E-state index contributed by atoms with van der Waals surface area (Å²) in [6, 6.07) is 16.8. The summed E-state index contributed by atoms with van der Waals surface area (Å²) in [4.78, 5) is 0. The summed E-state index contributed by atoms with van der Waals surface area (Å²) in [6.45, 7) is 16.0. The van der Waals surface area contributed by atoms with Crippen molar-refractivity contribution >= 4 is 5.57 Å². The largest absolute Gasteiger partial charge is 0.0988 e. The van der Waals surface area contributed by atoms with Gasteiger partial charge in [0.1, 0.15) is 0 Å². The molecule has 0 spiro atoms. The lowest BCUT2D eigenvalue weighted by molar-refractivity contribution is 1.40. The molecule has 0 atom stereocenters. The first-order valence-electron chi connectivity index (χ1n) is 7.54. The Morgan fingerprint density at radius 3 is 1.68 bits per heavy atom. The Labute approximate surface area is 135 Å². The molecule has 22 heavy (non-hydrogen) atoms. The van der Waals surface area contributed by atoms with Crippen molar-refractivity contribution in [2.75, 3.05) is 0 Å². The minimum Gasteiger partial charge on any atom is -0.0988 e. The molecule has 0 aliphatic carbocycles. The van der Waals surface area contributed by atoms with E-state index in [0.29, 0.717) is 0 Å². The van der Waals surface area contributed by atoms with Gasteiger partial charge in [0.25, 0.3) is 0 Å². The van der Waals surface area contributed by atoms with E-state index in [1.807, 2.05) is 24.3 Å². The van der Waals surface area contributed by atoms with E-state index in [9.17, 15) is 0 Å². The summed E-state index contributed by atoms with van der Waals surface area (Å²) < 4.78 is 0. The second-order valence-corrected chi connectivity index (χ2v) is 5.47. The van der Waals surface area contributed by atoms with Crippen LogP contribution < -0.4 is 0 Å². The van der Waals surface area contributed by atoms with Crippen LogP contribution in [0.3, 0.4) is 0 Å². The number of benzene rings is 2. The molecule has 2 aromatic rings. The van der Waals surface area contributed by atoms with Gasteiger partial charge in [-0.15, -0.1) is 0 Å². The lowest BCUT2D eigenvalue weighted by atomic mass is 9.97. The van der Waals surface area contributed by atoms with Gasteiger partial charge >= 0.3 is 0 Å². The molecule has 0 nitrogen and oxygen atoms in total. The molecule has 0 heteroatoms. The number of aryl methyl sites for hydroxylation is 3. The molecule has 0 aromatic heterocycles. The molecular weight excluding hydrogens is 264 g/mol. The van der Waals surface area contributed by atoms with Crippen LogP contribution in [0.25, 0.3) is 5.57 Å². The first kappa shape index (κ1) is 17.7. The highest BCUT2D eigenvalue weighted by Gasteiger charge is 2.02. The fourth-order valence-corrected chi connectivity index (χ4v) is 2.11. The maximum atomic E-state index is 3.84. The predicted molar refractivity (Wildman–Crippen MR) is 100 cm³/mol. The fourth-order valence-electron chi connectivity index (χ4n) is 2.11. The van der Waals surface area contributed by atoms with Gasteiger partial charge in [-0.25, -0.2) is 0 Å². The Hall–Kier alpha value is -2.34. The van der Waals surface area contributed by atoms with Crippen molar-refractivity contribution in [3.8, 4) is 0 Å². The molecule has 2 aromatic carbocycles. The number of hydrogen-bond acceptors (Lipinski definition) is 0. The van der Waals surface area contributed by atoms with Crippen LogP contribution in [0, 0.1) is 20.8 Å². The first-order chi connectivity index (χ1) is 10.5. The third-order valence-electron chi connectivity index (χ3n) is 3.59. The Morgan fingerprint density at radius 2 is 1.27 bits per heavy atom. The lowest BCUT2D eigenvalue weighted by Gasteiger charge is -2.08. The topological polar surface area (TPSA) is 0 Å². The van der Waals surface area contributed by atoms with E-state index in [4.69, 9.17) is 0 Å². The van der Waals surface area contributed by atoms with E-state index < -0.39 is 0 Å². The van der Waals surface area contributed by atoms with Gasteiger partial charge in [0.2, 0.25) is 0 Å². The molecule has 0 unspecified atom stereocenters. The second kappa shape index (κ2) is 8.84. The average Bonchev–Trinajstić information content (AvgIpc) is 2.53. The summed E-state index contributed by atoms with van der Waals surface area (Å²) in [6.07, 6.45) is 3.75. The molecule has 0 bridgehead atoms. The van der Waals surface area contributed by atoms with Crippen LogP contribution in [0.5, 0.6) is 0 Å². The van der Waals surface area contributed by atoms with Gasteiger partial charge < -0.3 is 0 Å². The van der Waals surface area contributed by atoms with Crippen LogP contribution in [-0.4, -0.2) is 0 Å². The van der Waals surface area contributed by atoms with Gasteiger partial charge in [-0.05, 0) is 50.0 Å². The molecule has 0 radical (unpaired) electrons. The molecule has 0 saturated heterocycles. The monoisotopic (exact) mass is 290 g/mol. The van der Waals surface area contributed by atoms with Gasteiger partial charge in [0, 0.05) is 0 Å². The number of hydrogen-bond donors (Lipinski definition) is 0. The molecule has 0 aliphatic heterocycles. The first-order valence-corrected chi connectivity index (χ1v) is 7.54. The van der Waals surface area contributed by atoms with Gasteiger partial charge in [-0.1, -0.05) is 85.0 Å². The second-order valence-electron chi connectivity index (χ2n) is 5.47. The van der Waals surface area contributed by atoms with Gasteiger partial charge in [0.05, 0.1) is 0 Å². The maximum absolute atomic E-state index is 3.84. The third kappa shape index (κ3) is 5.21. The van der Waals surface area contributed by atoms with Crippen molar-refractivity contribution in [3.05, 3.63) is 102 Å². The number of rotatable bonds is 3. The predicted octanol–water partition coefficient (Wildman–Crippen LogP) is 6.44. The Bertz CT molecular complexity index is 634. The molecule has 0 saturated carbocycles. The molecule has 0 heterocycles. The molecule has 114 valence electrons. The zero-order chi connectivity index (χ0) is 16.5. The van der Waals surface area contributed by atoms with E-state index in [-0.39, 0.29) is 0 Å². The van der Waals surface area contributed by atoms with E-state index in [0.717, 1.165) is 11.1 Å². The van der Waals surface area contributed by atoms with E-state index in [1.165, 1.54) is 22.3 Å².